The lowest BCUT2D eigenvalue weighted by atomic mass is 10.1. The van der Waals surface area contributed by atoms with Gasteiger partial charge in [-0.2, -0.15) is 0 Å². The predicted molar refractivity (Wildman–Crippen MR) is 137 cm³/mol. The summed E-state index contributed by atoms with van der Waals surface area (Å²) in [5.41, 5.74) is 3.71. The highest BCUT2D eigenvalue weighted by Crippen LogP contribution is 2.45. The van der Waals surface area contributed by atoms with Crippen molar-refractivity contribution < 1.29 is 32.3 Å². The third-order valence-corrected chi connectivity index (χ3v) is 8.79. The second-order valence-corrected chi connectivity index (χ2v) is 12.0. The summed E-state index contributed by atoms with van der Waals surface area (Å²) < 4.78 is 32.9. The molecule has 1 saturated heterocycles. The minimum atomic E-state index is -4.22. The van der Waals surface area contributed by atoms with E-state index in [1.807, 2.05) is 12.2 Å². The number of nitrogens with two attached hydrogens (primary N) is 1. The molecule has 4 amide bonds. The van der Waals surface area contributed by atoms with Crippen LogP contribution in [0.1, 0.15) is 51.4 Å². The van der Waals surface area contributed by atoms with Gasteiger partial charge in [0.25, 0.3) is 21.8 Å². The molecule has 0 bridgehead atoms. The van der Waals surface area contributed by atoms with E-state index in [4.69, 9.17) is 22.1 Å². The first kappa shape index (κ1) is 27.9. The lowest BCUT2D eigenvalue weighted by molar-refractivity contribution is -0.146. The Morgan fingerprint density at radius 1 is 1.11 bits per heavy atom. The summed E-state index contributed by atoms with van der Waals surface area (Å²) >= 11 is 5.85. The fourth-order valence-electron chi connectivity index (χ4n) is 5.06. The molecule has 2 heterocycles. The first-order valence-corrected chi connectivity index (χ1v) is 14.5. The van der Waals surface area contributed by atoms with Crippen LogP contribution in [0.5, 0.6) is 0 Å². The highest BCUT2D eigenvalue weighted by Gasteiger charge is 2.61. The largest absolute Gasteiger partial charge is 0.436 e. The lowest BCUT2D eigenvalue weighted by Gasteiger charge is -2.29. The van der Waals surface area contributed by atoms with Crippen LogP contribution in [0, 0.1) is 5.92 Å². The molecule has 1 aliphatic carbocycles. The number of sulfonamides is 1. The second kappa shape index (κ2) is 11.3. The van der Waals surface area contributed by atoms with Gasteiger partial charge >= 0.3 is 6.09 Å². The van der Waals surface area contributed by atoms with Crippen LogP contribution >= 0.6 is 11.6 Å². The van der Waals surface area contributed by atoms with Gasteiger partial charge in [-0.15, -0.1) is 0 Å². The number of primary amides is 1. The first-order chi connectivity index (χ1) is 18.0. The molecule has 206 valence electrons. The van der Waals surface area contributed by atoms with E-state index in [0.717, 1.165) is 12.8 Å². The number of hydrogen-bond acceptors (Lipinski definition) is 7. The molecule has 1 aromatic rings. The van der Waals surface area contributed by atoms with Crippen molar-refractivity contribution in [2.45, 2.75) is 73.9 Å². The standard InChI is InChI=1S/C25H31ClN4O7S/c26-17-10-12-18(13-11-17)38(35,36)29-23(33)25-15-16(25)7-4-2-1-3-5-9-20(37-24(27)34)22(32)30-14-6-8-19(30)21(31)28-25/h4,7,10-13,16,19-20H,1-3,5-6,8-9,14-15H2,(H2,27,34)(H,28,31)(H,29,33)/b7-4+. The molecular formula is C25H31ClN4O7S. The molecule has 2 aliphatic heterocycles. The number of hydrogen-bond donors (Lipinski definition) is 3. The van der Waals surface area contributed by atoms with Crippen molar-refractivity contribution in [3.05, 3.63) is 41.4 Å². The minimum absolute atomic E-state index is 0.143. The van der Waals surface area contributed by atoms with Crippen LogP contribution in [-0.4, -0.2) is 61.4 Å². The van der Waals surface area contributed by atoms with Crippen molar-refractivity contribution in [3.8, 4) is 0 Å². The Kier molecular flexibility index (Phi) is 8.31. The number of ether oxygens (including phenoxy) is 1. The van der Waals surface area contributed by atoms with Gasteiger partial charge in [-0.1, -0.05) is 30.2 Å². The molecule has 2 fully saturated rings. The maximum Gasteiger partial charge on any atom is 0.405 e. The summed E-state index contributed by atoms with van der Waals surface area (Å²) in [6.45, 7) is 0.281. The molecule has 0 radical (unpaired) electrons. The molecular weight excluding hydrogens is 536 g/mol. The van der Waals surface area contributed by atoms with Crippen molar-refractivity contribution in [3.63, 3.8) is 0 Å². The van der Waals surface area contributed by atoms with Crippen LogP contribution in [0.25, 0.3) is 0 Å². The average Bonchev–Trinajstić information content (AvgIpc) is 3.31. The predicted octanol–water partition coefficient (Wildman–Crippen LogP) is 1.99. The Labute approximate surface area is 226 Å². The van der Waals surface area contributed by atoms with Gasteiger partial charge in [0.15, 0.2) is 6.10 Å². The van der Waals surface area contributed by atoms with Crippen molar-refractivity contribution in [2.24, 2.45) is 11.7 Å². The van der Waals surface area contributed by atoms with Crippen LogP contribution in [-0.2, 0) is 29.1 Å². The number of fused-ring (bicyclic) bond motifs is 2. The van der Waals surface area contributed by atoms with Crippen LogP contribution in [0.4, 0.5) is 4.79 Å². The summed E-state index contributed by atoms with van der Waals surface area (Å²) in [6, 6.07) is 4.46. The van der Waals surface area contributed by atoms with E-state index in [1.165, 1.54) is 29.2 Å². The van der Waals surface area contributed by atoms with E-state index >= 15 is 0 Å². The quantitative estimate of drug-likeness (QED) is 0.469. The maximum absolute atomic E-state index is 13.4. The summed E-state index contributed by atoms with van der Waals surface area (Å²) in [4.78, 5) is 52.7. The normalized spacial score (nSPS) is 29.1. The number of allylic oxidation sites excluding steroid dienone is 1. The highest BCUT2D eigenvalue weighted by atomic mass is 35.5. The monoisotopic (exact) mass is 566 g/mol. The Hall–Kier alpha value is -3.12. The van der Waals surface area contributed by atoms with Gasteiger partial charge in [-0.3, -0.25) is 14.4 Å². The van der Waals surface area contributed by atoms with E-state index in [1.54, 1.807) is 0 Å². The van der Waals surface area contributed by atoms with E-state index in [2.05, 4.69) is 10.0 Å². The topological polar surface area (TPSA) is 165 Å². The van der Waals surface area contributed by atoms with Gasteiger partial charge in [-0.25, -0.2) is 17.9 Å². The molecule has 11 nitrogen and oxygen atoms in total. The summed E-state index contributed by atoms with van der Waals surface area (Å²) in [5.74, 6) is -2.34. The van der Waals surface area contributed by atoms with Gasteiger partial charge < -0.3 is 20.7 Å². The Bertz CT molecular complexity index is 1240. The average molecular weight is 567 g/mol. The molecule has 4 atom stereocenters. The van der Waals surface area contributed by atoms with Crippen LogP contribution < -0.4 is 15.8 Å². The van der Waals surface area contributed by atoms with E-state index < -0.39 is 57.4 Å². The number of benzene rings is 1. The number of halogens is 1. The van der Waals surface area contributed by atoms with Crippen LogP contribution in [0.3, 0.4) is 0 Å². The molecule has 1 aromatic carbocycles. The fraction of sp³-hybridized carbons (Fsp3) is 0.520. The van der Waals surface area contributed by atoms with Crippen molar-refractivity contribution in [2.75, 3.05) is 6.54 Å². The minimum Gasteiger partial charge on any atom is -0.436 e. The zero-order valence-corrected chi connectivity index (χ0v) is 22.3. The SMILES string of the molecule is NC(=O)OC1CCCCC/C=C/C2CC2(C(=O)NS(=O)(=O)c2ccc(Cl)cc2)NC(=O)C2CCCN2C1=O. The van der Waals surface area contributed by atoms with Crippen molar-refractivity contribution in [1.82, 2.24) is 14.9 Å². The number of carbonyl (C=O) groups excluding carboxylic acids is 4. The lowest BCUT2D eigenvalue weighted by Crippen LogP contribution is -2.57. The Balaban J connectivity index is 1.58. The van der Waals surface area contributed by atoms with Crippen molar-refractivity contribution in [1.29, 1.82) is 0 Å². The summed E-state index contributed by atoms with van der Waals surface area (Å²) in [5, 5.41) is 3.10. The zero-order chi connectivity index (χ0) is 27.5. The Morgan fingerprint density at radius 3 is 2.55 bits per heavy atom. The zero-order valence-electron chi connectivity index (χ0n) is 20.7. The van der Waals surface area contributed by atoms with Gasteiger partial charge in [-0.05, 0) is 69.2 Å². The van der Waals surface area contributed by atoms with Crippen molar-refractivity contribution >= 4 is 45.4 Å². The van der Waals surface area contributed by atoms with E-state index in [0.29, 0.717) is 30.7 Å². The second-order valence-electron chi connectivity index (χ2n) is 9.84. The third-order valence-electron chi connectivity index (χ3n) is 7.20. The van der Waals surface area contributed by atoms with Crippen LogP contribution in [0.15, 0.2) is 41.3 Å². The summed E-state index contributed by atoms with van der Waals surface area (Å²) in [7, 11) is -4.22. The summed E-state index contributed by atoms with van der Waals surface area (Å²) in [6.07, 6.45) is 5.84. The number of nitrogens with one attached hydrogen (secondary N) is 2. The molecule has 0 spiro atoms. The van der Waals surface area contributed by atoms with Gasteiger partial charge in [0.1, 0.15) is 11.6 Å². The molecule has 1 saturated carbocycles. The van der Waals surface area contributed by atoms with Crippen LogP contribution in [0.2, 0.25) is 5.02 Å². The molecule has 4 N–H and O–H groups in total. The van der Waals surface area contributed by atoms with E-state index in [9.17, 15) is 27.6 Å². The number of amides is 4. The Morgan fingerprint density at radius 2 is 1.84 bits per heavy atom. The van der Waals surface area contributed by atoms with E-state index in [-0.39, 0.29) is 24.3 Å². The fourth-order valence-corrected chi connectivity index (χ4v) is 6.23. The van der Waals surface area contributed by atoms with Gasteiger partial charge in [0, 0.05) is 17.5 Å². The molecule has 38 heavy (non-hydrogen) atoms. The molecule has 3 aliphatic rings. The molecule has 0 aromatic heterocycles. The molecule has 4 unspecified atom stereocenters. The van der Waals surface area contributed by atoms with Gasteiger partial charge in [0.05, 0.1) is 4.90 Å². The number of rotatable bonds is 4. The molecule has 4 rings (SSSR count). The number of nitrogens with zero attached hydrogens (tertiary/aromatic N) is 1. The maximum atomic E-state index is 13.4. The first-order valence-electron chi connectivity index (χ1n) is 12.6. The highest BCUT2D eigenvalue weighted by molar-refractivity contribution is 7.90. The number of carbonyl (C=O) groups is 4. The third kappa shape index (κ3) is 6.12. The molecule has 13 heteroatoms. The smallest absolute Gasteiger partial charge is 0.405 e. The van der Waals surface area contributed by atoms with Gasteiger partial charge in [0.2, 0.25) is 5.91 Å².